The van der Waals surface area contributed by atoms with Crippen molar-refractivity contribution in [3.05, 3.63) is 28.8 Å². The summed E-state index contributed by atoms with van der Waals surface area (Å²) in [7, 11) is 0. The Bertz CT molecular complexity index is 420. The van der Waals surface area contributed by atoms with Crippen LogP contribution in [0.3, 0.4) is 0 Å². The Morgan fingerprint density at radius 2 is 2.25 bits per heavy atom. The fourth-order valence-corrected chi connectivity index (χ4v) is 1.56. The van der Waals surface area contributed by atoms with Crippen molar-refractivity contribution in [3.8, 4) is 0 Å². The molecule has 0 heterocycles. The molecule has 1 rings (SSSR count). The van der Waals surface area contributed by atoms with Crippen molar-refractivity contribution in [1.29, 1.82) is 0 Å². The predicted molar refractivity (Wildman–Crippen MR) is 70.9 cm³/mol. The van der Waals surface area contributed by atoms with E-state index < -0.39 is 0 Å². The van der Waals surface area contributed by atoms with E-state index in [9.17, 15) is 4.79 Å². The number of hydrogen-bond donors (Lipinski definition) is 2. The second-order valence-corrected chi connectivity index (χ2v) is 4.20. The van der Waals surface area contributed by atoms with Crippen molar-refractivity contribution in [1.82, 2.24) is 0 Å². The predicted octanol–water partition coefficient (Wildman–Crippen LogP) is 2.71. The Kier molecular flexibility index (Phi) is 4.71. The van der Waals surface area contributed by atoms with Crippen LogP contribution in [0.15, 0.2) is 18.2 Å². The molecule has 0 fully saturated rings. The van der Waals surface area contributed by atoms with Gasteiger partial charge in [0.15, 0.2) is 0 Å². The third kappa shape index (κ3) is 3.47. The molecule has 1 amide bonds. The number of anilines is 1. The molecule has 1 aromatic carbocycles. The van der Waals surface area contributed by atoms with Gasteiger partial charge in [-0.1, -0.05) is 30.7 Å². The van der Waals surface area contributed by atoms with Crippen LogP contribution < -0.4 is 11.1 Å². The molecule has 0 unspecified atom stereocenters. The van der Waals surface area contributed by atoms with Crippen molar-refractivity contribution in [3.63, 3.8) is 0 Å². The number of nitrogens with one attached hydrogen (secondary N) is 1. The fourth-order valence-electron chi connectivity index (χ4n) is 1.21. The van der Waals surface area contributed by atoms with Crippen LogP contribution in [0.2, 0.25) is 5.02 Å². The maximum atomic E-state index is 11.4. The highest BCUT2D eigenvalue weighted by molar-refractivity contribution is 7.80. The molecule has 0 radical (unpaired) electrons. The molecule has 16 heavy (non-hydrogen) atoms. The average molecular weight is 257 g/mol. The lowest BCUT2D eigenvalue weighted by Gasteiger charge is -2.07. The Morgan fingerprint density at radius 1 is 1.56 bits per heavy atom. The van der Waals surface area contributed by atoms with Crippen LogP contribution in [0.4, 0.5) is 5.69 Å². The van der Waals surface area contributed by atoms with Gasteiger partial charge in [-0.25, -0.2) is 0 Å². The van der Waals surface area contributed by atoms with E-state index in [1.165, 1.54) is 0 Å². The first kappa shape index (κ1) is 12.9. The number of amides is 1. The SMILES string of the molecule is CCCC(=O)Nc1ccc(C(N)=S)cc1Cl. The maximum Gasteiger partial charge on any atom is 0.224 e. The van der Waals surface area contributed by atoms with Crippen LogP contribution >= 0.6 is 23.8 Å². The average Bonchev–Trinajstić information content (AvgIpc) is 2.21. The van der Waals surface area contributed by atoms with Crippen LogP contribution in [0.5, 0.6) is 0 Å². The maximum absolute atomic E-state index is 11.4. The molecule has 0 bridgehead atoms. The summed E-state index contributed by atoms with van der Waals surface area (Å²) in [5.41, 5.74) is 6.74. The van der Waals surface area contributed by atoms with Gasteiger partial charge in [0.2, 0.25) is 5.91 Å². The molecule has 0 saturated heterocycles. The molecule has 5 heteroatoms. The van der Waals surface area contributed by atoms with Crippen molar-refractivity contribution < 1.29 is 4.79 Å². The lowest BCUT2D eigenvalue weighted by Crippen LogP contribution is -2.12. The topological polar surface area (TPSA) is 55.1 Å². The summed E-state index contributed by atoms with van der Waals surface area (Å²) in [5, 5.41) is 3.16. The van der Waals surface area contributed by atoms with Crippen LogP contribution in [0, 0.1) is 0 Å². The van der Waals surface area contributed by atoms with Crippen LogP contribution in [-0.2, 0) is 4.79 Å². The molecular formula is C11H13ClN2OS. The van der Waals surface area contributed by atoms with E-state index in [-0.39, 0.29) is 10.9 Å². The van der Waals surface area contributed by atoms with E-state index in [0.29, 0.717) is 22.7 Å². The monoisotopic (exact) mass is 256 g/mol. The van der Waals surface area contributed by atoms with Crippen molar-refractivity contribution in [2.45, 2.75) is 19.8 Å². The zero-order valence-corrected chi connectivity index (χ0v) is 10.5. The summed E-state index contributed by atoms with van der Waals surface area (Å²) in [4.78, 5) is 11.6. The first-order valence-electron chi connectivity index (χ1n) is 4.93. The number of benzene rings is 1. The standard InChI is InChI=1S/C11H13ClN2OS/c1-2-3-10(15)14-9-5-4-7(11(13)16)6-8(9)12/h4-6H,2-3H2,1H3,(H2,13,16)(H,14,15). The summed E-state index contributed by atoms with van der Waals surface area (Å²) in [6.45, 7) is 1.94. The van der Waals surface area contributed by atoms with Gasteiger partial charge in [0.05, 0.1) is 10.7 Å². The number of hydrogen-bond acceptors (Lipinski definition) is 2. The normalized spacial score (nSPS) is 9.88. The van der Waals surface area contributed by atoms with Crippen LogP contribution in [0.25, 0.3) is 0 Å². The lowest BCUT2D eigenvalue weighted by molar-refractivity contribution is -0.116. The molecule has 3 nitrogen and oxygen atoms in total. The van der Waals surface area contributed by atoms with Gasteiger partial charge in [-0.2, -0.15) is 0 Å². The number of rotatable bonds is 4. The Hall–Kier alpha value is -1.13. The van der Waals surface area contributed by atoms with E-state index in [0.717, 1.165) is 6.42 Å². The van der Waals surface area contributed by atoms with E-state index >= 15 is 0 Å². The Morgan fingerprint density at radius 3 is 2.75 bits per heavy atom. The first-order valence-corrected chi connectivity index (χ1v) is 5.72. The molecule has 86 valence electrons. The number of halogens is 1. The minimum atomic E-state index is -0.0486. The van der Waals surface area contributed by atoms with E-state index in [1.807, 2.05) is 6.92 Å². The Labute approximate surface area is 105 Å². The minimum Gasteiger partial charge on any atom is -0.389 e. The van der Waals surface area contributed by atoms with Gasteiger partial charge in [0.25, 0.3) is 0 Å². The molecule has 3 N–H and O–H groups in total. The number of carbonyl (C=O) groups is 1. The molecule has 0 aliphatic heterocycles. The number of thiocarbonyl (C=S) groups is 1. The summed E-state index contributed by atoms with van der Waals surface area (Å²) < 4.78 is 0. The zero-order chi connectivity index (χ0) is 12.1. The molecular weight excluding hydrogens is 244 g/mol. The zero-order valence-electron chi connectivity index (χ0n) is 8.92. The molecule has 1 aromatic rings. The van der Waals surface area contributed by atoms with Crippen LogP contribution in [-0.4, -0.2) is 10.9 Å². The van der Waals surface area contributed by atoms with Gasteiger partial charge in [-0.05, 0) is 24.6 Å². The third-order valence-electron chi connectivity index (χ3n) is 2.00. The lowest BCUT2D eigenvalue weighted by atomic mass is 10.2. The van der Waals surface area contributed by atoms with Crippen molar-refractivity contribution in [2.24, 2.45) is 5.73 Å². The molecule has 0 aliphatic carbocycles. The third-order valence-corrected chi connectivity index (χ3v) is 2.55. The molecule has 0 atom stereocenters. The molecule has 0 spiro atoms. The van der Waals surface area contributed by atoms with E-state index in [1.54, 1.807) is 18.2 Å². The summed E-state index contributed by atoms with van der Waals surface area (Å²) in [5.74, 6) is -0.0486. The number of nitrogens with two attached hydrogens (primary N) is 1. The van der Waals surface area contributed by atoms with Gasteiger partial charge in [-0.3, -0.25) is 4.79 Å². The Balaban J connectivity index is 2.83. The fraction of sp³-hybridized carbons (Fsp3) is 0.273. The highest BCUT2D eigenvalue weighted by Crippen LogP contribution is 2.23. The summed E-state index contributed by atoms with van der Waals surface area (Å²) >= 11 is 10.8. The van der Waals surface area contributed by atoms with Gasteiger partial charge in [0.1, 0.15) is 4.99 Å². The van der Waals surface area contributed by atoms with Gasteiger partial charge < -0.3 is 11.1 Å². The van der Waals surface area contributed by atoms with Gasteiger partial charge in [-0.15, -0.1) is 0 Å². The minimum absolute atomic E-state index is 0.0486. The summed E-state index contributed by atoms with van der Waals surface area (Å²) in [6, 6.07) is 5.08. The highest BCUT2D eigenvalue weighted by Gasteiger charge is 2.06. The molecule has 0 aromatic heterocycles. The largest absolute Gasteiger partial charge is 0.389 e. The summed E-state index contributed by atoms with van der Waals surface area (Å²) in [6.07, 6.45) is 1.28. The van der Waals surface area contributed by atoms with E-state index in [2.05, 4.69) is 5.32 Å². The molecule has 0 aliphatic rings. The highest BCUT2D eigenvalue weighted by atomic mass is 35.5. The van der Waals surface area contributed by atoms with Gasteiger partial charge >= 0.3 is 0 Å². The van der Waals surface area contributed by atoms with Crippen molar-refractivity contribution >= 4 is 40.4 Å². The second kappa shape index (κ2) is 5.82. The smallest absolute Gasteiger partial charge is 0.224 e. The van der Waals surface area contributed by atoms with Crippen LogP contribution in [0.1, 0.15) is 25.3 Å². The number of carbonyl (C=O) groups excluding carboxylic acids is 1. The molecule has 0 saturated carbocycles. The van der Waals surface area contributed by atoms with E-state index in [4.69, 9.17) is 29.6 Å². The second-order valence-electron chi connectivity index (χ2n) is 3.36. The quantitative estimate of drug-likeness (QED) is 0.815. The van der Waals surface area contributed by atoms with Crippen molar-refractivity contribution in [2.75, 3.05) is 5.32 Å². The first-order chi connectivity index (χ1) is 7.54. The van der Waals surface area contributed by atoms with Gasteiger partial charge in [0, 0.05) is 12.0 Å².